The molecule has 2 heteroatoms. The summed E-state index contributed by atoms with van der Waals surface area (Å²) in [6, 6.07) is 25.4. The van der Waals surface area contributed by atoms with Gasteiger partial charge in [0.1, 0.15) is 11.5 Å². The average molecular weight is 431 g/mol. The summed E-state index contributed by atoms with van der Waals surface area (Å²) < 4.78 is 12.7. The quantitative estimate of drug-likeness (QED) is 0.238. The third kappa shape index (κ3) is 7.15. The number of benzene rings is 3. The predicted octanol–water partition coefficient (Wildman–Crippen LogP) is 8.94. The van der Waals surface area contributed by atoms with Crippen molar-refractivity contribution in [2.24, 2.45) is 0 Å². The molecule has 0 aliphatic heterocycles. The molecule has 3 aromatic carbocycles. The largest absolute Gasteiger partial charge is 0.493 e. The second-order valence-electron chi connectivity index (χ2n) is 8.39. The Hall–Kier alpha value is -2.74. The van der Waals surface area contributed by atoms with E-state index in [9.17, 15) is 0 Å². The summed E-state index contributed by atoms with van der Waals surface area (Å²) in [6.07, 6.45) is 9.57. The molecular formula is C30H38O2. The molecule has 0 bridgehead atoms. The minimum atomic E-state index is 0.741. The van der Waals surface area contributed by atoms with E-state index in [-0.39, 0.29) is 0 Å². The van der Waals surface area contributed by atoms with Crippen LogP contribution in [0.2, 0.25) is 0 Å². The normalized spacial score (nSPS) is 10.8. The Balaban J connectivity index is 1.93. The highest BCUT2D eigenvalue weighted by Gasteiger charge is 2.15. The van der Waals surface area contributed by atoms with Crippen molar-refractivity contribution in [2.45, 2.75) is 65.2 Å². The molecule has 0 N–H and O–H groups in total. The molecule has 2 nitrogen and oxygen atoms in total. The zero-order valence-corrected chi connectivity index (χ0v) is 19.8. The summed E-state index contributed by atoms with van der Waals surface area (Å²) in [5.74, 6) is 1.87. The van der Waals surface area contributed by atoms with Crippen LogP contribution in [0.15, 0.2) is 72.8 Å². The van der Waals surface area contributed by atoms with Crippen molar-refractivity contribution in [3.05, 3.63) is 72.8 Å². The van der Waals surface area contributed by atoms with Crippen molar-refractivity contribution in [3.8, 4) is 33.8 Å². The summed E-state index contributed by atoms with van der Waals surface area (Å²) in [7, 11) is 0. The minimum Gasteiger partial charge on any atom is -0.493 e. The first-order valence-electron chi connectivity index (χ1n) is 12.4. The Kier molecular flexibility index (Phi) is 10.2. The van der Waals surface area contributed by atoms with Crippen LogP contribution in [-0.2, 0) is 0 Å². The Bertz CT molecular complexity index is 826. The van der Waals surface area contributed by atoms with Crippen molar-refractivity contribution >= 4 is 0 Å². The number of ether oxygens (including phenoxy) is 2. The summed E-state index contributed by atoms with van der Waals surface area (Å²) in [4.78, 5) is 0. The van der Waals surface area contributed by atoms with Crippen molar-refractivity contribution in [1.82, 2.24) is 0 Å². The van der Waals surface area contributed by atoms with Gasteiger partial charge in [-0.25, -0.2) is 0 Å². The van der Waals surface area contributed by atoms with E-state index < -0.39 is 0 Å². The van der Waals surface area contributed by atoms with Crippen molar-refractivity contribution in [1.29, 1.82) is 0 Å². The van der Waals surface area contributed by atoms with Crippen molar-refractivity contribution in [3.63, 3.8) is 0 Å². The fourth-order valence-corrected chi connectivity index (χ4v) is 3.91. The topological polar surface area (TPSA) is 18.5 Å². The van der Waals surface area contributed by atoms with E-state index in [0.717, 1.165) is 59.8 Å². The molecule has 0 atom stereocenters. The third-order valence-electron chi connectivity index (χ3n) is 5.76. The van der Waals surface area contributed by atoms with Gasteiger partial charge in [0, 0.05) is 11.1 Å². The molecule has 0 spiro atoms. The van der Waals surface area contributed by atoms with Crippen LogP contribution in [-0.4, -0.2) is 13.2 Å². The lowest BCUT2D eigenvalue weighted by atomic mass is 9.98. The van der Waals surface area contributed by atoms with E-state index in [2.05, 4.69) is 86.6 Å². The SMILES string of the molecule is CCCCCCOc1cc(-c2ccccc2)c(OCCCCCC)cc1-c1ccccc1. The average Bonchev–Trinajstić information content (AvgIpc) is 2.85. The first-order valence-corrected chi connectivity index (χ1v) is 12.4. The molecule has 0 aliphatic rings. The van der Waals surface area contributed by atoms with Gasteiger partial charge in [-0.05, 0) is 36.1 Å². The minimum absolute atomic E-state index is 0.741. The van der Waals surface area contributed by atoms with E-state index in [1.165, 1.54) is 38.5 Å². The zero-order valence-electron chi connectivity index (χ0n) is 19.8. The summed E-state index contributed by atoms with van der Waals surface area (Å²) in [5.41, 5.74) is 4.52. The maximum absolute atomic E-state index is 6.36. The van der Waals surface area contributed by atoms with Gasteiger partial charge in [0.2, 0.25) is 0 Å². The molecule has 3 aromatic rings. The maximum atomic E-state index is 6.36. The van der Waals surface area contributed by atoms with Crippen LogP contribution in [0.3, 0.4) is 0 Å². The fraction of sp³-hybridized carbons (Fsp3) is 0.400. The molecule has 0 heterocycles. The molecule has 32 heavy (non-hydrogen) atoms. The van der Waals surface area contributed by atoms with E-state index in [1.54, 1.807) is 0 Å². The second-order valence-corrected chi connectivity index (χ2v) is 8.39. The lowest BCUT2D eigenvalue weighted by Crippen LogP contribution is -2.03. The number of hydrogen-bond donors (Lipinski definition) is 0. The zero-order chi connectivity index (χ0) is 22.4. The van der Waals surface area contributed by atoms with Crippen LogP contribution >= 0.6 is 0 Å². The van der Waals surface area contributed by atoms with Gasteiger partial charge in [0.05, 0.1) is 13.2 Å². The highest BCUT2D eigenvalue weighted by atomic mass is 16.5. The molecule has 0 aromatic heterocycles. The third-order valence-corrected chi connectivity index (χ3v) is 5.76. The summed E-state index contributed by atoms with van der Waals surface area (Å²) in [6.45, 7) is 5.96. The Morgan fingerprint density at radius 3 is 1.28 bits per heavy atom. The van der Waals surface area contributed by atoms with Crippen LogP contribution < -0.4 is 9.47 Å². The first-order chi connectivity index (χ1) is 15.8. The highest BCUT2D eigenvalue weighted by molar-refractivity contribution is 5.81. The monoisotopic (exact) mass is 430 g/mol. The Morgan fingerprint density at radius 1 is 0.500 bits per heavy atom. The van der Waals surface area contributed by atoms with E-state index in [0.29, 0.717) is 0 Å². The summed E-state index contributed by atoms with van der Waals surface area (Å²) >= 11 is 0. The maximum Gasteiger partial charge on any atom is 0.128 e. The van der Waals surface area contributed by atoms with Gasteiger partial charge >= 0.3 is 0 Å². The Labute approximate surface area is 194 Å². The van der Waals surface area contributed by atoms with Crippen LogP contribution in [0.1, 0.15) is 65.2 Å². The molecule has 3 rings (SSSR count). The van der Waals surface area contributed by atoms with Crippen molar-refractivity contribution in [2.75, 3.05) is 13.2 Å². The number of rotatable bonds is 14. The fourth-order valence-electron chi connectivity index (χ4n) is 3.91. The van der Waals surface area contributed by atoms with Gasteiger partial charge in [-0.3, -0.25) is 0 Å². The second kappa shape index (κ2) is 13.6. The van der Waals surface area contributed by atoms with Gasteiger partial charge in [-0.15, -0.1) is 0 Å². The van der Waals surface area contributed by atoms with Gasteiger partial charge in [-0.2, -0.15) is 0 Å². The van der Waals surface area contributed by atoms with Gasteiger partial charge in [0.15, 0.2) is 0 Å². The lowest BCUT2D eigenvalue weighted by Gasteiger charge is -2.18. The highest BCUT2D eigenvalue weighted by Crippen LogP contribution is 2.41. The van der Waals surface area contributed by atoms with Gasteiger partial charge in [-0.1, -0.05) is 113 Å². The van der Waals surface area contributed by atoms with Crippen LogP contribution in [0.5, 0.6) is 11.5 Å². The molecule has 0 saturated carbocycles. The summed E-state index contributed by atoms with van der Waals surface area (Å²) in [5, 5.41) is 0. The Morgan fingerprint density at radius 2 is 0.906 bits per heavy atom. The molecule has 170 valence electrons. The first kappa shape index (κ1) is 23.9. The van der Waals surface area contributed by atoms with Crippen LogP contribution in [0.25, 0.3) is 22.3 Å². The van der Waals surface area contributed by atoms with Crippen LogP contribution in [0.4, 0.5) is 0 Å². The molecule has 0 radical (unpaired) electrons. The van der Waals surface area contributed by atoms with E-state index >= 15 is 0 Å². The smallest absolute Gasteiger partial charge is 0.128 e. The van der Waals surface area contributed by atoms with E-state index in [4.69, 9.17) is 9.47 Å². The standard InChI is InChI=1S/C30H38O2/c1-3-5-7-15-21-31-29-23-28(26-19-13-10-14-20-26)30(32-22-16-8-6-4-2)24-27(29)25-17-11-9-12-18-25/h9-14,17-20,23-24H,3-8,15-16,21-22H2,1-2H3. The van der Waals surface area contributed by atoms with E-state index in [1.807, 2.05) is 0 Å². The van der Waals surface area contributed by atoms with Gasteiger partial charge < -0.3 is 9.47 Å². The van der Waals surface area contributed by atoms with Gasteiger partial charge in [0.25, 0.3) is 0 Å². The molecule has 0 unspecified atom stereocenters. The predicted molar refractivity (Wildman–Crippen MR) is 137 cm³/mol. The van der Waals surface area contributed by atoms with Crippen molar-refractivity contribution < 1.29 is 9.47 Å². The molecule has 0 saturated heterocycles. The lowest BCUT2D eigenvalue weighted by molar-refractivity contribution is 0.299. The van der Waals surface area contributed by atoms with Crippen LogP contribution in [0, 0.1) is 0 Å². The molecule has 0 amide bonds. The number of unbranched alkanes of at least 4 members (excludes halogenated alkanes) is 6. The molecular weight excluding hydrogens is 392 g/mol. The molecule has 0 aliphatic carbocycles. The number of hydrogen-bond acceptors (Lipinski definition) is 2. The molecule has 0 fully saturated rings.